The maximum absolute atomic E-state index is 5.63. The average molecular weight is 430 g/mol. The van der Waals surface area contributed by atoms with Crippen LogP contribution in [0.1, 0.15) is 67.2 Å². The first kappa shape index (κ1) is 23.7. The predicted molar refractivity (Wildman–Crippen MR) is 129 cm³/mol. The molecule has 0 spiro atoms. The molecule has 0 saturated heterocycles. The van der Waals surface area contributed by atoms with Gasteiger partial charge in [-0.3, -0.25) is 0 Å². The molecule has 4 bridgehead atoms. The van der Waals surface area contributed by atoms with Gasteiger partial charge in [-0.05, 0) is 59.2 Å². The topological polar surface area (TPSA) is 27.7 Å². The highest BCUT2D eigenvalue weighted by Gasteiger charge is 2.61. The van der Waals surface area contributed by atoms with E-state index in [2.05, 4.69) is 47.6 Å². The molecule has 8 atom stereocenters. The van der Waals surface area contributed by atoms with Crippen LogP contribution < -0.4 is 0 Å². The molecule has 6 aliphatic rings. The molecule has 3 nitrogen and oxygen atoms in total. The van der Waals surface area contributed by atoms with E-state index in [0.29, 0.717) is 30.8 Å². The van der Waals surface area contributed by atoms with E-state index in [1.54, 1.807) is 7.11 Å². The van der Waals surface area contributed by atoms with Gasteiger partial charge in [0.1, 0.15) is 0 Å². The summed E-state index contributed by atoms with van der Waals surface area (Å²) < 4.78 is 16.1. The van der Waals surface area contributed by atoms with E-state index < -0.39 is 0 Å². The van der Waals surface area contributed by atoms with Gasteiger partial charge in [0.2, 0.25) is 0 Å². The van der Waals surface area contributed by atoms with Crippen molar-refractivity contribution in [2.45, 2.75) is 85.2 Å². The molecule has 0 aromatic heterocycles. The lowest BCUT2D eigenvalue weighted by molar-refractivity contribution is -0.107. The number of ether oxygens (including phenoxy) is 3. The van der Waals surface area contributed by atoms with E-state index in [-0.39, 0.29) is 0 Å². The van der Waals surface area contributed by atoms with E-state index in [1.165, 1.54) is 32.0 Å². The third-order valence-corrected chi connectivity index (χ3v) is 11.1. The van der Waals surface area contributed by atoms with Crippen LogP contribution in [0.3, 0.4) is 0 Å². The predicted octanol–water partition coefficient (Wildman–Crippen LogP) is 6.78. The normalized spacial score (nSPS) is 42.0. The zero-order valence-electron chi connectivity index (χ0n) is 21.2. The van der Waals surface area contributed by atoms with Crippen molar-refractivity contribution < 1.29 is 14.2 Å². The summed E-state index contributed by atoms with van der Waals surface area (Å²) in [6.07, 6.45) is 11.2. The molecule has 0 aliphatic heterocycles. The smallest absolute Gasteiger partial charge is 0.188 e. The second-order valence-corrected chi connectivity index (χ2v) is 12.7. The van der Waals surface area contributed by atoms with Crippen LogP contribution in [0, 0.1) is 46.3 Å². The summed E-state index contributed by atoms with van der Waals surface area (Å²) in [4.78, 5) is 0. The third-order valence-electron chi connectivity index (χ3n) is 11.1. The Morgan fingerprint density at radius 2 is 1.39 bits per heavy atom. The van der Waals surface area contributed by atoms with Gasteiger partial charge in [0, 0.05) is 7.11 Å². The first-order chi connectivity index (χ1) is 14.7. The molecule has 0 aromatic rings. The van der Waals surface area contributed by atoms with Gasteiger partial charge in [0.05, 0.1) is 19.5 Å². The zero-order valence-corrected chi connectivity index (χ0v) is 21.2. The molecular formula is C27H47BO3. The van der Waals surface area contributed by atoms with Crippen LogP contribution in [0.15, 0.2) is 12.3 Å². The lowest BCUT2D eigenvalue weighted by atomic mass is 9.20. The third kappa shape index (κ3) is 4.14. The minimum Gasteiger partial charge on any atom is -0.476 e. The van der Waals surface area contributed by atoms with Gasteiger partial charge in [-0.15, -0.1) is 0 Å². The van der Waals surface area contributed by atoms with Crippen LogP contribution in [0.4, 0.5) is 0 Å². The van der Waals surface area contributed by atoms with E-state index in [9.17, 15) is 0 Å². The molecular weight excluding hydrogens is 383 g/mol. The van der Waals surface area contributed by atoms with E-state index in [1.807, 2.05) is 6.26 Å². The monoisotopic (exact) mass is 430 g/mol. The zero-order chi connectivity index (χ0) is 22.4. The van der Waals surface area contributed by atoms with Crippen molar-refractivity contribution in [2.24, 2.45) is 46.3 Å². The van der Waals surface area contributed by atoms with Crippen LogP contribution in [0.5, 0.6) is 0 Å². The molecule has 6 aliphatic carbocycles. The van der Waals surface area contributed by atoms with Crippen LogP contribution in [-0.2, 0) is 14.2 Å². The summed E-state index contributed by atoms with van der Waals surface area (Å²) in [5, 5.41) is 0. The Labute approximate surface area is 192 Å². The molecule has 4 heteroatoms. The van der Waals surface area contributed by atoms with Gasteiger partial charge in [-0.25, -0.2) is 0 Å². The molecule has 176 valence electrons. The highest BCUT2D eigenvalue weighted by atomic mass is 16.7. The van der Waals surface area contributed by atoms with Gasteiger partial charge in [-0.2, -0.15) is 0 Å². The Balaban J connectivity index is 1.41. The summed E-state index contributed by atoms with van der Waals surface area (Å²) in [6, 6.07) is 0. The van der Waals surface area contributed by atoms with Crippen LogP contribution in [0.25, 0.3) is 0 Å². The van der Waals surface area contributed by atoms with Crippen LogP contribution >= 0.6 is 0 Å². The molecule has 6 fully saturated rings. The fourth-order valence-corrected chi connectivity index (χ4v) is 8.75. The molecule has 6 rings (SSSR count). The van der Waals surface area contributed by atoms with Gasteiger partial charge < -0.3 is 14.2 Å². The highest BCUT2D eigenvalue weighted by Crippen LogP contribution is 2.69. The Hall–Kier alpha value is -0.475. The van der Waals surface area contributed by atoms with Crippen molar-refractivity contribution in [3.05, 3.63) is 12.3 Å². The first-order valence-corrected chi connectivity index (χ1v) is 13.0. The molecule has 6 saturated carbocycles. The van der Waals surface area contributed by atoms with Crippen molar-refractivity contribution in [1.82, 2.24) is 0 Å². The van der Waals surface area contributed by atoms with Crippen LogP contribution in [-0.4, -0.2) is 33.8 Å². The minimum absolute atomic E-state index is 0.320. The Kier molecular flexibility index (Phi) is 6.91. The Morgan fingerprint density at radius 3 is 1.84 bits per heavy atom. The second kappa shape index (κ2) is 9.05. The van der Waals surface area contributed by atoms with Gasteiger partial charge >= 0.3 is 0 Å². The first-order valence-electron chi connectivity index (χ1n) is 13.0. The van der Waals surface area contributed by atoms with E-state index in [4.69, 9.17) is 14.2 Å². The number of fused-ring (bicyclic) bond motifs is 4. The molecule has 0 amide bonds. The number of hydrogen-bond donors (Lipinski definition) is 0. The van der Waals surface area contributed by atoms with Crippen LogP contribution in [0.2, 0.25) is 18.0 Å². The van der Waals surface area contributed by atoms with E-state index in [0.717, 1.165) is 53.9 Å². The number of hydrogen-bond acceptors (Lipinski definition) is 3. The lowest BCUT2D eigenvalue weighted by Crippen LogP contribution is -2.59. The van der Waals surface area contributed by atoms with Crippen molar-refractivity contribution in [1.29, 1.82) is 0 Å². The fourth-order valence-electron chi connectivity index (χ4n) is 8.75. The number of methoxy groups -OCH3 is 1. The maximum atomic E-state index is 5.63. The fraction of sp³-hybridized carbons (Fsp3) is 0.926. The molecule has 31 heavy (non-hydrogen) atoms. The summed E-state index contributed by atoms with van der Waals surface area (Å²) in [6.45, 7) is 17.6. The Bertz CT molecular complexity index is 602. The van der Waals surface area contributed by atoms with E-state index >= 15 is 0 Å². The van der Waals surface area contributed by atoms with Crippen molar-refractivity contribution in [2.75, 3.05) is 27.1 Å². The maximum Gasteiger partial charge on any atom is 0.188 e. The highest BCUT2D eigenvalue weighted by molar-refractivity contribution is 6.62. The van der Waals surface area contributed by atoms with Crippen molar-refractivity contribution in [3.63, 3.8) is 0 Å². The number of allylic oxidation sites excluding steroid dienone is 1. The molecule has 0 radical (unpaired) electrons. The molecule has 0 unspecified atom stereocenters. The standard InChI is InChI=1S/C27H47BO3/c1-18-22-13-20(26(22,3)4)15-24(18)28(9-8-10-30-17-31-12-11-29-7)25-16-21-14-23(19(25)2)27(21,5)6/h8,10,18-25H,9,11-17H2,1-7H3/b10-8-/t18-,19-,20+,21+,22-,23-,24-,25-/m1/s1. The summed E-state index contributed by atoms with van der Waals surface area (Å²) in [7, 11) is 1.69. The van der Waals surface area contributed by atoms with Crippen molar-refractivity contribution in [3.8, 4) is 0 Å². The van der Waals surface area contributed by atoms with Gasteiger partial charge in [-0.1, -0.05) is 78.4 Å². The Morgan fingerprint density at radius 1 is 0.839 bits per heavy atom. The molecule has 0 N–H and O–H groups in total. The molecule has 0 aromatic carbocycles. The lowest BCUT2D eigenvalue weighted by Gasteiger charge is -2.66. The summed E-state index contributed by atoms with van der Waals surface area (Å²) in [5.41, 5.74) is 1.14. The number of rotatable bonds is 10. The largest absolute Gasteiger partial charge is 0.476 e. The van der Waals surface area contributed by atoms with Crippen molar-refractivity contribution >= 4 is 6.71 Å². The second-order valence-electron chi connectivity index (χ2n) is 12.7. The average Bonchev–Trinajstić information content (AvgIpc) is 2.73. The summed E-state index contributed by atoms with van der Waals surface area (Å²) in [5.74, 6) is 7.22. The minimum atomic E-state index is 0.320. The molecule has 0 heterocycles. The SMILES string of the molecule is COCCOCO/C=C\CB([C@@H]1C[C@@H]2C[C@H]([C@H]1C)C2(C)C)[C@@H]1C[C@@H]2C[C@H]([C@H]1C)C2(C)C. The van der Waals surface area contributed by atoms with Gasteiger partial charge in [0.25, 0.3) is 0 Å². The van der Waals surface area contributed by atoms with Gasteiger partial charge in [0.15, 0.2) is 13.5 Å². The summed E-state index contributed by atoms with van der Waals surface area (Å²) >= 11 is 0. The quantitative estimate of drug-likeness (QED) is 0.166.